The largest absolute Gasteiger partial charge is 0.348 e. The van der Waals surface area contributed by atoms with Gasteiger partial charge in [0, 0.05) is 24.4 Å². The molecule has 0 bridgehead atoms. The highest BCUT2D eigenvalue weighted by Crippen LogP contribution is 2.31. The van der Waals surface area contributed by atoms with Crippen LogP contribution in [0.3, 0.4) is 0 Å². The summed E-state index contributed by atoms with van der Waals surface area (Å²) < 4.78 is 2.26. The van der Waals surface area contributed by atoms with Crippen LogP contribution in [0.1, 0.15) is 61.5 Å². The van der Waals surface area contributed by atoms with Crippen molar-refractivity contribution in [2.24, 2.45) is 5.73 Å². The van der Waals surface area contributed by atoms with Gasteiger partial charge in [-0.1, -0.05) is 19.3 Å². The highest BCUT2D eigenvalue weighted by atomic mass is 15.3. The highest BCUT2D eigenvalue weighted by Gasteiger charge is 2.24. The van der Waals surface area contributed by atoms with E-state index in [1.807, 2.05) is 13.1 Å². The fourth-order valence-corrected chi connectivity index (χ4v) is 3.15. The molecule has 0 aliphatic heterocycles. The summed E-state index contributed by atoms with van der Waals surface area (Å²) in [6, 6.07) is 0.375. The Morgan fingerprint density at radius 1 is 1.35 bits per heavy atom. The molecule has 0 spiro atoms. The van der Waals surface area contributed by atoms with Gasteiger partial charge in [-0.25, -0.2) is 4.98 Å². The summed E-state index contributed by atoms with van der Waals surface area (Å²) in [6.45, 7) is 2.02. The van der Waals surface area contributed by atoms with Crippen molar-refractivity contribution in [3.05, 3.63) is 29.9 Å². The van der Waals surface area contributed by atoms with Crippen LogP contribution in [0.4, 0.5) is 0 Å². The zero-order valence-corrected chi connectivity index (χ0v) is 11.9. The number of hydrogen-bond acceptors (Lipinski definition) is 4. The Labute approximate surface area is 118 Å². The standard InChI is InChI=1S/C14H22N6/c1-10-18-19-14(13(15)7-11-8-16-9-17-11)20(10)12-5-3-2-4-6-12/h8-9,12-13H,2-7,15H2,1H3,(H,16,17)/t13-/m1/s1. The number of imidazole rings is 1. The molecular weight excluding hydrogens is 252 g/mol. The van der Waals surface area contributed by atoms with E-state index in [2.05, 4.69) is 24.7 Å². The Morgan fingerprint density at radius 3 is 2.85 bits per heavy atom. The lowest BCUT2D eigenvalue weighted by Gasteiger charge is -2.26. The van der Waals surface area contributed by atoms with E-state index in [1.54, 1.807) is 6.33 Å². The van der Waals surface area contributed by atoms with Gasteiger partial charge in [-0.15, -0.1) is 10.2 Å². The molecule has 1 aliphatic rings. The lowest BCUT2D eigenvalue weighted by molar-refractivity contribution is 0.335. The van der Waals surface area contributed by atoms with Gasteiger partial charge in [0.2, 0.25) is 0 Å². The lowest BCUT2D eigenvalue weighted by Crippen LogP contribution is -2.23. The van der Waals surface area contributed by atoms with Crippen molar-refractivity contribution < 1.29 is 0 Å². The number of rotatable bonds is 4. The predicted molar refractivity (Wildman–Crippen MR) is 76.1 cm³/mol. The molecule has 1 atom stereocenters. The summed E-state index contributed by atoms with van der Waals surface area (Å²) in [4.78, 5) is 7.13. The number of nitrogens with one attached hydrogen (secondary N) is 1. The lowest BCUT2D eigenvalue weighted by atomic mass is 9.95. The minimum Gasteiger partial charge on any atom is -0.348 e. The van der Waals surface area contributed by atoms with Gasteiger partial charge in [0.15, 0.2) is 5.82 Å². The first-order valence-corrected chi connectivity index (χ1v) is 7.40. The van der Waals surface area contributed by atoms with Crippen molar-refractivity contribution in [3.8, 4) is 0 Å². The summed E-state index contributed by atoms with van der Waals surface area (Å²) in [5.41, 5.74) is 7.37. The topological polar surface area (TPSA) is 85.4 Å². The average Bonchev–Trinajstić information content (AvgIpc) is 3.09. The second-order valence-electron chi connectivity index (χ2n) is 5.65. The van der Waals surface area contributed by atoms with Crippen molar-refractivity contribution in [2.75, 3.05) is 0 Å². The summed E-state index contributed by atoms with van der Waals surface area (Å²) in [5, 5.41) is 8.57. The normalized spacial score (nSPS) is 18.3. The Balaban J connectivity index is 1.82. The zero-order valence-electron chi connectivity index (χ0n) is 11.9. The molecule has 2 aromatic heterocycles. The van der Waals surface area contributed by atoms with Crippen LogP contribution < -0.4 is 5.73 Å². The Bertz CT molecular complexity index is 538. The van der Waals surface area contributed by atoms with Crippen LogP contribution >= 0.6 is 0 Å². The van der Waals surface area contributed by atoms with Gasteiger partial charge in [0.25, 0.3) is 0 Å². The number of nitrogens with zero attached hydrogens (tertiary/aromatic N) is 4. The van der Waals surface area contributed by atoms with Crippen LogP contribution in [0.2, 0.25) is 0 Å². The molecule has 1 saturated carbocycles. The van der Waals surface area contributed by atoms with Crippen LogP contribution in [-0.4, -0.2) is 24.7 Å². The van der Waals surface area contributed by atoms with E-state index in [-0.39, 0.29) is 6.04 Å². The van der Waals surface area contributed by atoms with Gasteiger partial charge in [0.05, 0.1) is 12.4 Å². The molecule has 0 saturated heterocycles. The third-order valence-electron chi connectivity index (χ3n) is 4.16. The number of H-pyrrole nitrogens is 1. The summed E-state index contributed by atoms with van der Waals surface area (Å²) in [6.07, 6.45) is 10.5. The minimum atomic E-state index is -0.140. The third-order valence-corrected chi connectivity index (χ3v) is 4.16. The molecule has 0 unspecified atom stereocenters. The van der Waals surface area contributed by atoms with Gasteiger partial charge in [-0.2, -0.15) is 0 Å². The van der Waals surface area contributed by atoms with Gasteiger partial charge in [-0.05, 0) is 19.8 Å². The molecular formula is C14H22N6. The molecule has 3 N–H and O–H groups in total. The third kappa shape index (κ3) is 2.60. The molecule has 2 heterocycles. The van der Waals surface area contributed by atoms with Crippen LogP contribution in [0, 0.1) is 6.92 Å². The molecule has 0 aromatic carbocycles. The van der Waals surface area contributed by atoms with Crippen LogP contribution in [0.25, 0.3) is 0 Å². The maximum absolute atomic E-state index is 6.34. The van der Waals surface area contributed by atoms with Crippen molar-refractivity contribution in [2.45, 2.75) is 57.5 Å². The van der Waals surface area contributed by atoms with Crippen LogP contribution in [0.15, 0.2) is 12.5 Å². The molecule has 1 aliphatic carbocycles. The van der Waals surface area contributed by atoms with E-state index in [0.717, 1.165) is 17.3 Å². The summed E-state index contributed by atoms with van der Waals surface area (Å²) in [5.74, 6) is 1.89. The van der Waals surface area contributed by atoms with Crippen LogP contribution in [-0.2, 0) is 6.42 Å². The number of aromatic nitrogens is 5. The van der Waals surface area contributed by atoms with Crippen molar-refractivity contribution in [3.63, 3.8) is 0 Å². The van der Waals surface area contributed by atoms with E-state index in [9.17, 15) is 0 Å². The average molecular weight is 274 g/mol. The van der Waals surface area contributed by atoms with Crippen LogP contribution in [0.5, 0.6) is 0 Å². The first-order chi connectivity index (χ1) is 9.75. The first-order valence-electron chi connectivity index (χ1n) is 7.40. The molecule has 20 heavy (non-hydrogen) atoms. The van der Waals surface area contributed by atoms with Crippen molar-refractivity contribution in [1.29, 1.82) is 0 Å². The van der Waals surface area contributed by atoms with Crippen molar-refractivity contribution in [1.82, 2.24) is 24.7 Å². The number of aromatic amines is 1. The second kappa shape index (κ2) is 5.75. The second-order valence-corrected chi connectivity index (χ2v) is 5.65. The monoisotopic (exact) mass is 274 g/mol. The Morgan fingerprint density at radius 2 is 2.15 bits per heavy atom. The summed E-state index contributed by atoms with van der Waals surface area (Å²) in [7, 11) is 0. The molecule has 1 fully saturated rings. The van der Waals surface area contributed by atoms with E-state index < -0.39 is 0 Å². The van der Waals surface area contributed by atoms with E-state index in [4.69, 9.17) is 5.73 Å². The molecule has 0 amide bonds. The SMILES string of the molecule is Cc1nnc([C@H](N)Cc2cnc[nH]2)n1C1CCCCC1. The fraction of sp³-hybridized carbons (Fsp3) is 0.643. The molecule has 3 rings (SSSR count). The maximum atomic E-state index is 6.34. The van der Waals surface area contributed by atoms with Gasteiger partial charge in [-0.3, -0.25) is 0 Å². The van der Waals surface area contributed by atoms with E-state index in [1.165, 1.54) is 32.1 Å². The predicted octanol–water partition coefficient (Wildman–Crippen LogP) is 2.06. The maximum Gasteiger partial charge on any atom is 0.150 e. The van der Waals surface area contributed by atoms with Gasteiger partial charge >= 0.3 is 0 Å². The van der Waals surface area contributed by atoms with E-state index in [0.29, 0.717) is 12.5 Å². The highest BCUT2D eigenvalue weighted by molar-refractivity contribution is 5.07. The quantitative estimate of drug-likeness (QED) is 0.893. The van der Waals surface area contributed by atoms with Crippen molar-refractivity contribution >= 4 is 0 Å². The first kappa shape index (κ1) is 13.3. The van der Waals surface area contributed by atoms with Gasteiger partial charge in [0.1, 0.15) is 5.82 Å². The Kier molecular flexibility index (Phi) is 3.82. The number of nitrogens with two attached hydrogens (primary N) is 1. The summed E-state index contributed by atoms with van der Waals surface area (Å²) >= 11 is 0. The fourth-order valence-electron chi connectivity index (χ4n) is 3.15. The molecule has 108 valence electrons. The minimum absolute atomic E-state index is 0.140. The Hall–Kier alpha value is -1.69. The molecule has 6 heteroatoms. The van der Waals surface area contributed by atoms with E-state index >= 15 is 0 Å². The zero-order chi connectivity index (χ0) is 13.9. The number of aryl methyl sites for hydroxylation is 1. The molecule has 6 nitrogen and oxygen atoms in total. The number of hydrogen-bond donors (Lipinski definition) is 2. The molecule has 0 radical (unpaired) electrons. The van der Waals surface area contributed by atoms with Gasteiger partial charge < -0.3 is 15.3 Å². The molecule has 2 aromatic rings. The smallest absolute Gasteiger partial charge is 0.150 e.